The molecule has 0 N–H and O–H groups in total. The van der Waals surface area contributed by atoms with E-state index in [-0.39, 0.29) is 17.6 Å². The van der Waals surface area contributed by atoms with Gasteiger partial charge in [0, 0.05) is 38.7 Å². The van der Waals surface area contributed by atoms with Crippen molar-refractivity contribution >= 4 is 17.9 Å². The number of hydrogen-bond donors (Lipinski definition) is 0. The van der Waals surface area contributed by atoms with Gasteiger partial charge in [0.2, 0.25) is 11.8 Å². The van der Waals surface area contributed by atoms with E-state index >= 15 is 0 Å². The summed E-state index contributed by atoms with van der Waals surface area (Å²) in [6, 6.07) is 6.03. The molecule has 1 aliphatic heterocycles. The highest BCUT2D eigenvalue weighted by atomic mass is 19.1. The molecule has 0 spiro atoms. The lowest BCUT2D eigenvalue weighted by molar-refractivity contribution is -0.137. The molecule has 26 heavy (non-hydrogen) atoms. The molecule has 5 heteroatoms. The number of amides is 2. The minimum atomic E-state index is -0.290. The minimum Gasteiger partial charge on any atom is -0.339 e. The van der Waals surface area contributed by atoms with Gasteiger partial charge < -0.3 is 9.80 Å². The van der Waals surface area contributed by atoms with Gasteiger partial charge in [0.1, 0.15) is 5.82 Å². The van der Waals surface area contributed by atoms with Crippen molar-refractivity contribution in [3.05, 3.63) is 41.7 Å². The molecular formula is C21H27FN2O2. The van der Waals surface area contributed by atoms with Crippen molar-refractivity contribution in [2.24, 2.45) is 5.92 Å². The smallest absolute Gasteiger partial charge is 0.246 e. The molecule has 1 aliphatic carbocycles. The molecule has 0 atom stereocenters. The van der Waals surface area contributed by atoms with Crippen molar-refractivity contribution in [3.8, 4) is 0 Å². The molecule has 1 saturated heterocycles. The molecule has 1 saturated carbocycles. The van der Waals surface area contributed by atoms with Crippen LogP contribution in [0.4, 0.5) is 4.39 Å². The summed E-state index contributed by atoms with van der Waals surface area (Å²) in [7, 11) is 0. The lowest BCUT2D eigenvalue weighted by Gasteiger charge is -2.34. The first-order valence-electron chi connectivity index (χ1n) is 9.62. The van der Waals surface area contributed by atoms with E-state index in [0.29, 0.717) is 32.6 Å². The van der Waals surface area contributed by atoms with E-state index in [2.05, 4.69) is 0 Å². The molecule has 2 fully saturated rings. The van der Waals surface area contributed by atoms with E-state index in [0.717, 1.165) is 17.9 Å². The third-order valence-corrected chi connectivity index (χ3v) is 5.47. The topological polar surface area (TPSA) is 40.6 Å². The van der Waals surface area contributed by atoms with Crippen LogP contribution in [0.1, 0.15) is 44.1 Å². The highest BCUT2D eigenvalue weighted by molar-refractivity contribution is 5.92. The number of hydrogen-bond acceptors (Lipinski definition) is 2. The van der Waals surface area contributed by atoms with Crippen LogP contribution in [-0.4, -0.2) is 47.8 Å². The highest BCUT2D eigenvalue weighted by Crippen LogP contribution is 2.28. The van der Waals surface area contributed by atoms with Crippen LogP contribution < -0.4 is 0 Å². The summed E-state index contributed by atoms with van der Waals surface area (Å²) >= 11 is 0. The molecule has 3 rings (SSSR count). The van der Waals surface area contributed by atoms with Crippen LogP contribution in [0.5, 0.6) is 0 Å². The predicted molar refractivity (Wildman–Crippen MR) is 99.8 cm³/mol. The molecule has 140 valence electrons. The summed E-state index contributed by atoms with van der Waals surface area (Å²) in [6.45, 7) is 2.36. The minimum absolute atomic E-state index is 0.0626. The van der Waals surface area contributed by atoms with Gasteiger partial charge in [0.25, 0.3) is 0 Å². The highest BCUT2D eigenvalue weighted by Gasteiger charge is 2.24. The number of piperazine rings is 1. The largest absolute Gasteiger partial charge is 0.339 e. The zero-order valence-electron chi connectivity index (χ0n) is 15.2. The fraction of sp³-hybridized carbons (Fsp3) is 0.524. The monoisotopic (exact) mass is 358 g/mol. The number of carbonyl (C=O) groups is 2. The molecule has 4 nitrogen and oxygen atoms in total. The first-order chi connectivity index (χ1) is 12.6. The van der Waals surface area contributed by atoms with Gasteiger partial charge in [-0.15, -0.1) is 0 Å². The quantitative estimate of drug-likeness (QED) is 0.756. The Bertz CT molecular complexity index is 642. The summed E-state index contributed by atoms with van der Waals surface area (Å²) in [5, 5.41) is 0. The third-order valence-electron chi connectivity index (χ3n) is 5.47. The first kappa shape index (κ1) is 18.6. The zero-order chi connectivity index (χ0) is 18.4. The maximum Gasteiger partial charge on any atom is 0.246 e. The van der Waals surface area contributed by atoms with Crippen molar-refractivity contribution in [3.63, 3.8) is 0 Å². The fourth-order valence-corrected chi connectivity index (χ4v) is 3.81. The SMILES string of the molecule is O=C(/C=C/c1ccc(F)cc1)N1CCN(C(=O)CCC2CCCC2)CC1. The summed E-state index contributed by atoms with van der Waals surface area (Å²) in [5.41, 5.74) is 0.792. The number of nitrogens with zero attached hydrogens (tertiary/aromatic N) is 2. The van der Waals surface area contributed by atoms with Crippen molar-refractivity contribution in [2.45, 2.75) is 38.5 Å². The molecule has 0 aromatic heterocycles. The molecule has 0 unspecified atom stereocenters. The Morgan fingerprint density at radius 3 is 2.27 bits per heavy atom. The molecule has 1 aromatic carbocycles. The van der Waals surface area contributed by atoms with Crippen LogP contribution in [0.3, 0.4) is 0 Å². The van der Waals surface area contributed by atoms with Gasteiger partial charge in [-0.05, 0) is 36.1 Å². The van der Waals surface area contributed by atoms with Crippen LogP contribution in [0.15, 0.2) is 30.3 Å². The lowest BCUT2D eigenvalue weighted by Crippen LogP contribution is -2.50. The maximum atomic E-state index is 12.9. The van der Waals surface area contributed by atoms with Gasteiger partial charge in [-0.25, -0.2) is 4.39 Å². The summed E-state index contributed by atoms with van der Waals surface area (Å²) in [5.74, 6) is 0.610. The van der Waals surface area contributed by atoms with E-state index in [9.17, 15) is 14.0 Å². The second-order valence-corrected chi connectivity index (χ2v) is 7.28. The fourth-order valence-electron chi connectivity index (χ4n) is 3.81. The number of carbonyl (C=O) groups excluding carboxylic acids is 2. The van der Waals surface area contributed by atoms with Gasteiger partial charge in [-0.3, -0.25) is 9.59 Å². The molecular weight excluding hydrogens is 331 g/mol. The van der Waals surface area contributed by atoms with Crippen LogP contribution in [0.25, 0.3) is 6.08 Å². The molecule has 1 heterocycles. The molecule has 0 radical (unpaired) electrons. The van der Waals surface area contributed by atoms with E-state index in [4.69, 9.17) is 0 Å². The Morgan fingerprint density at radius 1 is 1.00 bits per heavy atom. The third kappa shape index (κ3) is 5.16. The lowest BCUT2D eigenvalue weighted by atomic mass is 10.0. The van der Waals surface area contributed by atoms with E-state index in [1.807, 2.05) is 4.90 Å². The summed E-state index contributed by atoms with van der Waals surface area (Å²) < 4.78 is 12.9. The predicted octanol–water partition coefficient (Wildman–Crippen LogP) is 3.48. The standard InChI is InChI=1S/C21H27FN2O2/c22-19-9-5-18(6-10-19)8-12-21(26)24-15-13-23(14-16-24)20(25)11-7-17-3-1-2-4-17/h5-6,8-10,12,17H,1-4,7,11,13-16H2/b12-8+. The summed E-state index contributed by atoms with van der Waals surface area (Å²) in [6.07, 6.45) is 10.0. The van der Waals surface area contributed by atoms with E-state index in [1.54, 1.807) is 23.1 Å². The van der Waals surface area contributed by atoms with Crippen LogP contribution in [-0.2, 0) is 9.59 Å². The maximum absolute atomic E-state index is 12.9. The van der Waals surface area contributed by atoms with Gasteiger partial charge in [-0.2, -0.15) is 0 Å². The Balaban J connectivity index is 1.41. The number of rotatable bonds is 5. The van der Waals surface area contributed by atoms with Gasteiger partial charge in [0.05, 0.1) is 0 Å². The average molecular weight is 358 g/mol. The normalized spacial score (nSPS) is 18.7. The van der Waals surface area contributed by atoms with Crippen molar-refractivity contribution in [2.75, 3.05) is 26.2 Å². The van der Waals surface area contributed by atoms with Crippen LogP contribution in [0.2, 0.25) is 0 Å². The Kier molecular flexibility index (Phi) is 6.42. The number of halogens is 1. The first-order valence-corrected chi connectivity index (χ1v) is 9.62. The Labute approximate surface area is 154 Å². The van der Waals surface area contributed by atoms with Gasteiger partial charge >= 0.3 is 0 Å². The van der Waals surface area contributed by atoms with E-state index < -0.39 is 0 Å². The molecule has 1 aromatic rings. The van der Waals surface area contributed by atoms with Gasteiger partial charge in [-0.1, -0.05) is 37.8 Å². The summed E-state index contributed by atoms with van der Waals surface area (Å²) in [4.78, 5) is 28.3. The average Bonchev–Trinajstić information content (AvgIpc) is 3.19. The Hall–Kier alpha value is -2.17. The van der Waals surface area contributed by atoms with Crippen LogP contribution in [0, 0.1) is 11.7 Å². The zero-order valence-corrected chi connectivity index (χ0v) is 15.2. The molecule has 0 bridgehead atoms. The Morgan fingerprint density at radius 2 is 1.62 bits per heavy atom. The van der Waals surface area contributed by atoms with Crippen molar-refractivity contribution in [1.29, 1.82) is 0 Å². The second kappa shape index (κ2) is 8.97. The number of benzene rings is 1. The van der Waals surface area contributed by atoms with Crippen LogP contribution >= 0.6 is 0 Å². The molecule has 2 amide bonds. The van der Waals surface area contributed by atoms with Crippen molar-refractivity contribution in [1.82, 2.24) is 9.80 Å². The van der Waals surface area contributed by atoms with Crippen molar-refractivity contribution < 1.29 is 14.0 Å². The van der Waals surface area contributed by atoms with Gasteiger partial charge in [0.15, 0.2) is 0 Å². The second-order valence-electron chi connectivity index (χ2n) is 7.28. The molecule has 2 aliphatic rings. The van der Waals surface area contributed by atoms with E-state index in [1.165, 1.54) is 43.9 Å².